The fourth-order valence-corrected chi connectivity index (χ4v) is 4.88. The van der Waals surface area contributed by atoms with Gasteiger partial charge in [-0.05, 0) is 60.4 Å². The predicted molar refractivity (Wildman–Crippen MR) is 150 cm³/mol. The van der Waals surface area contributed by atoms with E-state index in [-0.39, 0.29) is 17.6 Å². The van der Waals surface area contributed by atoms with Gasteiger partial charge in [0.25, 0.3) is 5.91 Å². The molecule has 0 aliphatic rings. The van der Waals surface area contributed by atoms with Crippen LogP contribution in [0.4, 0.5) is 11.4 Å². The van der Waals surface area contributed by atoms with Gasteiger partial charge in [0.15, 0.2) is 11.0 Å². The number of aryl methyl sites for hydroxylation is 2. The molecule has 4 rings (SSSR count). The third-order valence-corrected chi connectivity index (χ3v) is 7.30. The maximum absolute atomic E-state index is 12.7. The smallest absolute Gasteiger partial charge is 0.257 e. The molecule has 3 aromatic carbocycles. The maximum atomic E-state index is 12.7. The highest BCUT2D eigenvalue weighted by molar-refractivity contribution is 7.99. The van der Waals surface area contributed by atoms with Gasteiger partial charge in [-0.2, -0.15) is 0 Å². The lowest BCUT2D eigenvalue weighted by Crippen LogP contribution is -2.17. The summed E-state index contributed by atoms with van der Waals surface area (Å²) < 4.78 is 1.85. The Labute approximate surface area is 225 Å². The molecule has 0 saturated carbocycles. The summed E-state index contributed by atoms with van der Waals surface area (Å²) >= 11 is 7.45. The van der Waals surface area contributed by atoms with Crippen molar-refractivity contribution in [1.29, 1.82) is 0 Å². The molecule has 2 N–H and O–H groups in total. The standard InChI is InChI=1S/C28H28ClN5O2S/c1-4-18-9-8-10-19(5-2)25(18)31-24(35)17-37-28-33-32-26(34(28)3)20-13-15-21(16-14-20)30-27(36)22-11-6-7-12-23(22)29/h6-16H,4-5,17H2,1-3H3,(H,30,36)(H,31,35). The van der Waals surface area contributed by atoms with Crippen molar-refractivity contribution in [3.05, 3.63) is 88.4 Å². The van der Waals surface area contributed by atoms with Crippen molar-refractivity contribution in [2.24, 2.45) is 7.05 Å². The maximum Gasteiger partial charge on any atom is 0.257 e. The Bertz CT molecular complexity index is 1400. The molecule has 1 aromatic heterocycles. The second-order valence-electron chi connectivity index (χ2n) is 8.37. The van der Waals surface area contributed by atoms with Crippen LogP contribution < -0.4 is 10.6 Å². The first-order valence-corrected chi connectivity index (χ1v) is 13.4. The molecule has 0 fully saturated rings. The van der Waals surface area contributed by atoms with Crippen molar-refractivity contribution in [3.63, 3.8) is 0 Å². The topological polar surface area (TPSA) is 88.9 Å². The quantitative estimate of drug-likeness (QED) is 0.248. The summed E-state index contributed by atoms with van der Waals surface area (Å²) in [6.45, 7) is 4.17. The molecule has 0 bridgehead atoms. The molecule has 4 aromatic rings. The zero-order valence-electron chi connectivity index (χ0n) is 20.9. The number of anilines is 2. The van der Waals surface area contributed by atoms with Crippen LogP contribution >= 0.6 is 23.4 Å². The minimum atomic E-state index is -0.276. The van der Waals surface area contributed by atoms with E-state index in [0.29, 0.717) is 27.3 Å². The molecule has 0 spiro atoms. The van der Waals surface area contributed by atoms with Crippen molar-refractivity contribution < 1.29 is 9.59 Å². The normalized spacial score (nSPS) is 10.8. The zero-order valence-corrected chi connectivity index (χ0v) is 22.5. The van der Waals surface area contributed by atoms with Gasteiger partial charge in [-0.1, -0.05) is 67.5 Å². The largest absolute Gasteiger partial charge is 0.325 e. The number of carbonyl (C=O) groups excluding carboxylic acids is 2. The van der Waals surface area contributed by atoms with Gasteiger partial charge in [0, 0.05) is 24.0 Å². The molecule has 0 aliphatic carbocycles. The second kappa shape index (κ2) is 12.1. The Morgan fingerprint density at radius 2 is 1.57 bits per heavy atom. The van der Waals surface area contributed by atoms with E-state index in [1.54, 1.807) is 36.4 Å². The van der Waals surface area contributed by atoms with E-state index in [9.17, 15) is 9.59 Å². The predicted octanol–water partition coefficient (Wildman–Crippen LogP) is 6.24. The van der Waals surface area contributed by atoms with E-state index in [1.807, 2.05) is 41.9 Å². The minimum absolute atomic E-state index is 0.0798. The summed E-state index contributed by atoms with van der Waals surface area (Å²) in [6, 6.07) is 20.4. The summed E-state index contributed by atoms with van der Waals surface area (Å²) in [4.78, 5) is 25.2. The lowest BCUT2D eigenvalue weighted by atomic mass is 10.0. The van der Waals surface area contributed by atoms with Gasteiger partial charge in [0.2, 0.25) is 5.91 Å². The van der Waals surface area contributed by atoms with Crippen molar-refractivity contribution >= 4 is 46.6 Å². The molecule has 0 atom stereocenters. The van der Waals surface area contributed by atoms with Gasteiger partial charge in [-0.25, -0.2) is 0 Å². The number of halogens is 1. The molecule has 1 heterocycles. The molecule has 0 unspecified atom stereocenters. The number of rotatable bonds is 9. The van der Waals surface area contributed by atoms with Crippen LogP contribution in [0.15, 0.2) is 71.9 Å². The van der Waals surface area contributed by atoms with Crippen LogP contribution in [0.25, 0.3) is 11.4 Å². The SMILES string of the molecule is CCc1cccc(CC)c1NC(=O)CSc1nnc(-c2ccc(NC(=O)c3ccccc3Cl)cc2)n1C. The second-order valence-corrected chi connectivity index (χ2v) is 9.72. The molecule has 0 radical (unpaired) electrons. The van der Waals surface area contributed by atoms with Gasteiger partial charge in [0.05, 0.1) is 16.3 Å². The van der Waals surface area contributed by atoms with Gasteiger partial charge in [-0.3, -0.25) is 9.59 Å². The summed E-state index contributed by atoms with van der Waals surface area (Å²) in [5.41, 5.74) is 5.07. The van der Waals surface area contributed by atoms with E-state index < -0.39 is 0 Å². The Balaban J connectivity index is 1.39. The Hall–Kier alpha value is -3.62. The molecule has 190 valence electrons. The number of hydrogen-bond donors (Lipinski definition) is 2. The van der Waals surface area contributed by atoms with Crippen LogP contribution in [0.5, 0.6) is 0 Å². The van der Waals surface area contributed by atoms with Gasteiger partial charge < -0.3 is 15.2 Å². The molecule has 37 heavy (non-hydrogen) atoms. The number of nitrogens with zero attached hydrogens (tertiary/aromatic N) is 3. The van der Waals surface area contributed by atoms with Crippen LogP contribution in [-0.4, -0.2) is 32.3 Å². The highest BCUT2D eigenvalue weighted by Gasteiger charge is 2.15. The van der Waals surface area contributed by atoms with Crippen molar-refractivity contribution in [1.82, 2.24) is 14.8 Å². The van der Waals surface area contributed by atoms with Crippen LogP contribution in [0, 0.1) is 0 Å². The lowest BCUT2D eigenvalue weighted by molar-refractivity contribution is -0.113. The number of aromatic nitrogens is 3. The monoisotopic (exact) mass is 533 g/mol. The van der Waals surface area contributed by atoms with Crippen LogP contribution in [0.1, 0.15) is 35.3 Å². The minimum Gasteiger partial charge on any atom is -0.325 e. The van der Waals surface area contributed by atoms with Crippen LogP contribution in [0.3, 0.4) is 0 Å². The fraction of sp³-hybridized carbons (Fsp3) is 0.214. The molecular formula is C28H28ClN5O2S. The van der Waals surface area contributed by atoms with Crippen molar-refractivity contribution in [2.75, 3.05) is 16.4 Å². The highest BCUT2D eigenvalue weighted by Crippen LogP contribution is 2.26. The van der Waals surface area contributed by atoms with E-state index in [2.05, 4.69) is 34.7 Å². The lowest BCUT2D eigenvalue weighted by Gasteiger charge is -2.14. The number of para-hydroxylation sites is 1. The van der Waals surface area contributed by atoms with Gasteiger partial charge in [-0.15, -0.1) is 10.2 Å². The number of hydrogen-bond acceptors (Lipinski definition) is 5. The third kappa shape index (κ3) is 6.21. The molecule has 7 nitrogen and oxygen atoms in total. The fourth-order valence-electron chi connectivity index (χ4n) is 3.95. The van der Waals surface area contributed by atoms with Crippen molar-refractivity contribution in [3.8, 4) is 11.4 Å². The van der Waals surface area contributed by atoms with Crippen LogP contribution in [0.2, 0.25) is 5.02 Å². The number of thioether (sulfide) groups is 1. The number of carbonyl (C=O) groups is 2. The highest BCUT2D eigenvalue weighted by atomic mass is 35.5. The summed E-state index contributed by atoms with van der Waals surface area (Å²) in [6.07, 6.45) is 1.71. The number of nitrogens with one attached hydrogen (secondary N) is 2. The summed E-state index contributed by atoms with van der Waals surface area (Å²) in [5, 5.41) is 15.6. The van der Waals surface area contributed by atoms with Crippen molar-refractivity contribution in [2.45, 2.75) is 31.8 Å². The van der Waals surface area contributed by atoms with Gasteiger partial charge >= 0.3 is 0 Å². The first kappa shape index (κ1) is 26.4. The molecule has 0 aliphatic heterocycles. The van der Waals surface area contributed by atoms with E-state index in [4.69, 9.17) is 11.6 Å². The average molecular weight is 534 g/mol. The number of benzene rings is 3. The number of amides is 2. The van der Waals surface area contributed by atoms with E-state index in [1.165, 1.54) is 11.8 Å². The molecule has 2 amide bonds. The van der Waals surface area contributed by atoms with Gasteiger partial charge in [0.1, 0.15) is 0 Å². The third-order valence-electron chi connectivity index (χ3n) is 5.95. The molecule has 9 heteroatoms. The van der Waals surface area contributed by atoms with Crippen LogP contribution in [-0.2, 0) is 24.7 Å². The first-order valence-electron chi connectivity index (χ1n) is 12.0. The molecule has 0 saturated heterocycles. The Kier molecular flexibility index (Phi) is 8.63. The summed E-state index contributed by atoms with van der Waals surface area (Å²) in [5.74, 6) is 0.530. The average Bonchev–Trinajstić information content (AvgIpc) is 3.28. The van der Waals surface area contributed by atoms with E-state index in [0.717, 1.165) is 35.2 Å². The summed E-state index contributed by atoms with van der Waals surface area (Å²) in [7, 11) is 1.87. The Morgan fingerprint density at radius 3 is 2.22 bits per heavy atom. The molecular weight excluding hydrogens is 506 g/mol. The first-order chi connectivity index (χ1) is 17.9. The van der Waals surface area contributed by atoms with E-state index >= 15 is 0 Å². The zero-order chi connectivity index (χ0) is 26.4. The Morgan fingerprint density at radius 1 is 0.892 bits per heavy atom.